The average Bonchev–Trinajstić information content (AvgIpc) is 3.98. The first kappa shape index (κ1) is 36.2. The second-order valence-corrected chi connectivity index (χ2v) is 14.9. The van der Waals surface area contributed by atoms with Gasteiger partial charge in [-0.15, -0.1) is 0 Å². The largest absolute Gasteiger partial charge is 0.508 e. The van der Waals surface area contributed by atoms with Crippen molar-refractivity contribution in [2.24, 2.45) is 0 Å². The number of phenolic OH excluding ortho intramolecular Hbond substituents is 1. The lowest BCUT2D eigenvalue weighted by Crippen LogP contribution is -2.39. The minimum Gasteiger partial charge on any atom is -0.508 e. The van der Waals surface area contributed by atoms with Crippen LogP contribution in [0.4, 0.5) is 21.2 Å². The lowest BCUT2D eigenvalue weighted by molar-refractivity contribution is 0.0564. The second-order valence-electron chi connectivity index (χ2n) is 14.6. The number of nitrogens with zero attached hydrogens (tertiary/aromatic N) is 8. The number of aromatic hydroxyl groups is 1. The van der Waals surface area contributed by atoms with Gasteiger partial charge in [-0.3, -0.25) is 19.4 Å². The molecule has 2 fully saturated rings. The van der Waals surface area contributed by atoms with Gasteiger partial charge in [-0.2, -0.15) is 19.2 Å². The molecule has 16 heteroatoms. The number of benzene rings is 1. The zero-order valence-corrected chi connectivity index (χ0v) is 30.4. The summed E-state index contributed by atoms with van der Waals surface area (Å²) >= 11 is 6.07. The highest BCUT2D eigenvalue weighted by Crippen LogP contribution is 2.36. The number of halogens is 1. The van der Waals surface area contributed by atoms with Crippen LogP contribution in [0.25, 0.3) is 22.6 Å². The standard InChI is InChI=1S/C21H22N4O4.C15H17ClN4O3/c1-21(2,3)29-20(28)24(15-7-8-15)18-10-17(13-5-4-6-16(27)9-13)23-19-14(12-26)11-22-25(18)19;1-15(2,3)23-14(22)19(10-4-5-10)12-6-11(16)18-13-9(8-21)7-17-20(12)13/h4-6,9-12,15,27H,7-8H2,1-3H3;6-8,10H,4-5H2,1-3H3. The molecule has 2 saturated carbocycles. The third-order valence-corrected chi connectivity index (χ3v) is 8.02. The topological polar surface area (TPSA) is 174 Å². The smallest absolute Gasteiger partial charge is 0.416 e. The van der Waals surface area contributed by atoms with E-state index in [0.717, 1.165) is 25.7 Å². The van der Waals surface area contributed by atoms with Gasteiger partial charge in [-0.05, 0) is 79.4 Å². The van der Waals surface area contributed by atoms with Gasteiger partial charge in [0, 0.05) is 29.8 Å². The normalized spacial score (nSPS) is 14.4. The molecule has 0 unspecified atom stereocenters. The Bertz CT molecular complexity index is 2180. The summed E-state index contributed by atoms with van der Waals surface area (Å²) in [6, 6.07) is 9.97. The summed E-state index contributed by atoms with van der Waals surface area (Å²) in [6.07, 6.45) is 6.68. The fourth-order valence-corrected chi connectivity index (χ4v) is 5.55. The van der Waals surface area contributed by atoms with Crippen molar-refractivity contribution in [1.82, 2.24) is 29.2 Å². The minimum atomic E-state index is -0.650. The number of amides is 2. The molecule has 2 amide bonds. The zero-order chi connectivity index (χ0) is 37.5. The summed E-state index contributed by atoms with van der Waals surface area (Å²) in [5.74, 6) is 1.02. The number of aromatic nitrogens is 6. The van der Waals surface area contributed by atoms with E-state index in [1.807, 2.05) is 41.5 Å². The number of hydrogen-bond acceptors (Lipinski definition) is 11. The molecule has 0 radical (unpaired) electrons. The number of phenols is 1. The summed E-state index contributed by atoms with van der Waals surface area (Å²) in [5.41, 5.74) is 1.19. The Labute approximate surface area is 304 Å². The predicted octanol–water partition coefficient (Wildman–Crippen LogP) is 6.92. The van der Waals surface area contributed by atoms with Gasteiger partial charge in [-0.25, -0.2) is 19.6 Å². The molecule has 0 spiro atoms. The molecular weight excluding hydrogens is 692 g/mol. The number of ether oxygens (including phenoxy) is 2. The van der Waals surface area contributed by atoms with E-state index in [0.29, 0.717) is 57.9 Å². The van der Waals surface area contributed by atoms with Crippen LogP contribution in [0.5, 0.6) is 5.75 Å². The van der Waals surface area contributed by atoms with Crippen molar-refractivity contribution in [3.05, 3.63) is 65.1 Å². The van der Waals surface area contributed by atoms with Crippen LogP contribution in [-0.2, 0) is 9.47 Å². The molecule has 2 aliphatic rings. The van der Waals surface area contributed by atoms with Gasteiger partial charge in [0.25, 0.3) is 0 Å². The molecule has 52 heavy (non-hydrogen) atoms. The van der Waals surface area contributed by atoms with Crippen LogP contribution in [0.3, 0.4) is 0 Å². The summed E-state index contributed by atoms with van der Waals surface area (Å²) in [7, 11) is 0. The monoisotopic (exact) mass is 730 g/mol. The Morgan fingerprint density at radius 1 is 0.788 bits per heavy atom. The maximum Gasteiger partial charge on any atom is 0.416 e. The first-order valence-corrected chi connectivity index (χ1v) is 17.1. The number of carbonyl (C=O) groups is 4. The molecule has 4 heterocycles. The Hall–Kier alpha value is -5.57. The molecule has 0 atom stereocenters. The Morgan fingerprint density at radius 2 is 1.27 bits per heavy atom. The highest BCUT2D eigenvalue weighted by Gasteiger charge is 2.39. The van der Waals surface area contributed by atoms with Gasteiger partial charge >= 0.3 is 12.2 Å². The Kier molecular flexibility index (Phi) is 9.66. The maximum atomic E-state index is 13.0. The van der Waals surface area contributed by atoms with E-state index in [-0.39, 0.29) is 23.0 Å². The highest BCUT2D eigenvalue weighted by molar-refractivity contribution is 6.30. The fourth-order valence-electron chi connectivity index (χ4n) is 5.37. The first-order valence-electron chi connectivity index (χ1n) is 16.7. The van der Waals surface area contributed by atoms with E-state index in [4.69, 9.17) is 21.1 Å². The summed E-state index contributed by atoms with van der Waals surface area (Å²) in [5, 5.41) is 18.5. The summed E-state index contributed by atoms with van der Waals surface area (Å²) in [4.78, 5) is 60.0. The predicted molar refractivity (Wildman–Crippen MR) is 192 cm³/mol. The quantitative estimate of drug-likeness (QED) is 0.136. The Balaban J connectivity index is 0.000000183. The molecule has 4 aromatic heterocycles. The Morgan fingerprint density at radius 3 is 1.71 bits per heavy atom. The number of anilines is 2. The van der Waals surface area contributed by atoms with E-state index in [9.17, 15) is 24.3 Å². The molecule has 2 aliphatic carbocycles. The van der Waals surface area contributed by atoms with Crippen LogP contribution in [0.2, 0.25) is 5.15 Å². The number of hydrogen-bond donors (Lipinski definition) is 1. The molecular formula is C36H39ClN8O7. The number of aldehydes is 2. The van der Waals surface area contributed by atoms with E-state index < -0.39 is 23.4 Å². The van der Waals surface area contributed by atoms with E-state index in [1.165, 1.54) is 26.3 Å². The first-order chi connectivity index (χ1) is 24.6. The molecule has 1 N–H and O–H groups in total. The second kappa shape index (κ2) is 13.9. The molecule has 0 bridgehead atoms. The molecule has 272 valence electrons. The fraction of sp³-hybridized carbons (Fsp3) is 0.389. The van der Waals surface area contributed by atoms with Gasteiger partial charge in [0.05, 0.1) is 29.2 Å². The minimum absolute atomic E-state index is 0.00337. The van der Waals surface area contributed by atoms with Crippen molar-refractivity contribution >= 4 is 59.3 Å². The van der Waals surface area contributed by atoms with Crippen LogP contribution in [0, 0.1) is 0 Å². The third-order valence-electron chi connectivity index (χ3n) is 7.82. The molecule has 7 rings (SSSR count). The van der Waals surface area contributed by atoms with E-state index in [2.05, 4.69) is 20.2 Å². The van der Waals surface area contributed by atoms with Crippen LogP contribution in [-0.4, -0.2) is 82.3 Å². The maximum absolute atomic E-state index is 13.0. The van der Waals surface area contributed by atoms with Gasteiger partial charge in [0.1, 0.15) is 33.7 Å². The lowest BCUT2D eigenvalue weighted by Gasteiger charge is -2.27. The van der Waals surface area contributed by atoms with E-state index >= 15 is 0 Å². The van der Waals surface area contributed by atoms with Gasteiger partial charge in [0.15, 0.2) is 23.9 Å². The number of rotatable bonds is 7. The molecule has 1 aromatic carbocycles. The van der Waals surface area contributed by atoms with Crippen molar-refractivity contribution in [3.63, 3.8) is 0 Å². The van der Waals surface area contributed by atoms with Crippen molar-refractivity contribution in [3.8, 4) is 17.0 Å². The summed E-state index contributed by atoms with van der Waals surface area (Å²) < 4.78 is 14.0. The van der Waals surface area contributed by atoms with Crippen LogP contribution in [0.15, 0.2) is 48.8 Å². The average molecular weight is 731 g/mol. The molecule has 0 saturated heterocycles. The van der Waals surface area contributed by atoms with Gasteiger partial charge < -0.3 is 14.6 Å². The van der Waals surface area contributed by atoms with Crippen LogP contribution >= 0.6 is 11.6 Å². The molecule has 5 aromatic rings. The number of fused-ring (bicyclic) bond motifs is 2. The SMILES string of the molecule is CC(C)(C)OC(=O)N(c1cc(-c2cccc(O)c2)nc2c(C=O)cnn12)C1CC1.CC(C)(C)OC(=O)N(c1cc(Cl)nc2c(C=O)cnn12)C1CC1. The van der Waals surface area contributed by atoms with Crippen molar-refractivity contribution in [1.29, 1.82) is 0 Å². The van der Waals surface area contributed by atoms with Crippen molar-refractivity contribution in [2.75, 3.05) is 9.80 Å². The van der Waals surface area contributed by atoms with Crippen LogP contribution in [0.1, 0.15) is 87.9 Å². The molecule has 15 nitrogen and oxygen atoms in total. The summed E-state index contributed by atoms with van der Waals surface area (Å²) in [6.45, 7) is 10.9. The zero-order valence-electron chi connectivity index (χ0n) is 29.6. The van der Waals surface area contributed by atoms with Gasteiger partial charge in [-0.1, -0.05) is 23.7 Å². The van der Waals surface area contributed by atoms with Crippen molar-refractivity contribution in [2.45, 2.75) is 90.5 Å². The lowest BCUT2D eigenvalue weighted by atomic mass is 10.1. The third kappa shape index (κ3) is 7.99. The van der Waals surface area contributed by atoms with Gasteiger partial charge in [0.2, 0.25) is 0 Å². The van der Waals surface area contributed by atoms with Crippen LogP contribution < -0.4 is 9.80 Å². The highest BCUT2D eigenvalue weighted by atomic mass is 35.5. The molecule has 0 aliphatic heterocycles. The van der Waals surface area contributed by atoms with Crippen molar-refractivity contribution < 1.29 is 33.8 Å². The van der Waals surface area contributed by atoms with E-state index in [1.54, 1.807) is 41.3 Å². The number of carbonyl (C=O) groups excluding carboxylic acids is 4.